The molecule has 2 aromatic heterocycles. The molecule has 12 heteroatoms. The number of fused-ring (bicyclic) bond motifs is 1. The average Bonchev–Trinajstić information content (AvgIpc) is 3.26. The number of carbonyl (C=O) groups excluding carboxylic acids is 1. The van der Waals surface area contributed by atoms with Gasteiger partial charge in [-0.15, -0.1) is 10.2 Å². The van der Waals surface area contributed by atoms with Crippen LogP contribution in [0.5, 0.6) is 0 Å². The molecule has 0 bridgehead atoms. The van der Waals surface area contributed by atoms with Crippen molar-refractivity contribution in [3.05, 3.63) is 63.4 Å². The van der Waals surface area contributed by atoms with Crippen molar-refractivity contribution in [2.45, 2.75) is 10.1 Å². The molecule has 0 aliphatic rings. The average molecular weight is 447 g/mol. The number of rotatable bonds is 5. The smallest absolute Gasteiger partial charge is 0.284 e. The van der Waals surface area contributed by atoms with Gasteiger partial charge in [-0.1, -0.05) is 22.9 Å². The fourth-order valence-electron chi connectivity index (χ4n) is 2.47. The largest absolute Gasteiger partial charge is 0.311 e. The minimum absolute atomic E-state index is 0.149. The Morgan fingerprint density at radius 1 is 1.31 bits per heavy atom. The summed E-state index contributed by atoms with van der Waals surface area (Å²) in [4.78, 5) is 28.3. The number of thiazole rings is 1. The van der Waals surface area contributed by atoms with Crippen LogP contribution in [-0.4, -0.2) is 30.6 Å². The molecule has 1 amide bonds. The fourth-order valence-corrected chi connectivity index (χ4v) is 4.46. The van der Waals surface area contributed by atoms with Gasteiger partial charge in [0.1, 0.15) is 6.33 Å². The monoisotopic (exact) mass is 446 g/mol. The van der Waals surface area contributed by atoms with Crippen LogP contribution < -0.4 is 5.32 Å². The van der Waals surface area contributed by atoms with Crippen LogP contribution in [0.15, 0.2) is 52.8 Å². The van der Waals surface area contributed by atoms with E-state index < -0.39 is 10.8 Å². The summed E-state index contributed by atoms with van der Waals surface area (Å²) in [5, 5.41) is 23.3. The van der Waals surface area contributed by atoms with E-state index in [9.17, 15) is 14.9 Å². The number of nitro benzene ring substituents is 1. The Morgan fingerprint density at radius 2 is 2.14 bits per heavy atom. The number of hydrogen-bond donors (Lipinski definition) is 1. The van der Waals surface area contributed by atoms with Crippen LogP contribution in [0, 0.1) is 10.1 Å². The maximum absolute atomic E-state index is 12.6. The highest BCUT2D eigenvalue weighted by molar-refractivity contribution is 7.99. The SMILES string of the molecule is Cn1cnnc1Sc1ccc(C(=O)Nc2nc3ccc(Cl)cc3s2)cc1[N+](=O)[O-]. The van der Waals surface area contributed by atoms with Crippen molar-refractivity contribution in [1.82, 2.24) is 19.7 Å². The molecule has 9 nitrogen and oxygen atoms in total. The van der Waals surface area contributed by atoms with Gasteiger partial charge in [0.2, 0.25) is 0 Å². The standard InChI is InChI=1S/C17H11ClN6O3S2/c1-23-8-19-22-17(23)29-13-5-2-9(6-12(13)24(26)27)15(25)21-16-20-11-4-3-10(18)7-14(11)28-16/h2-8H,1H3,(H,20,21,25). The number of nitrogens with one attached hydrogen (secondary N) is 1. The van der Waals surface area contributed by atoms with Gasteiger partial charge in [0, 0.05) is 23.7 Å². The summed E-state index contributed by atoms with van der Waals surface area (Å²) in [6.07, 6.45) is 1.50. The summed E-state index contributed by atoms with van der Waals surface area (Å²) in [5.41, 5.74) is 0.661. The van der Waals surface area contributed by atoms with E-state index in [2.05, 4.69) is 20.5 Å². The molecule has 1 N–H and O–H groups in total. The molecule has 0 unspecified atom stereocenters. The first-order valence-electron chi connectivity index (χ1n) is 8.08. The van der Waals surface area contributed by atoms with Crippen LogP contribution in [0.2, 0.25) is 5.02 Å². The minimum atomic E-state index is -0.533. The van der Waals surface area contributed by atoms with Crippen LogP contribution in [0.4, 0.5) is 10.8 Å². The molecule has 0 radical (unpaired) electrons. The Morgan fingerprint density at radius 3 is 2.86 bits per heavy atom. The highest BCUT2D eigenvalue weighted by Gasteiger charge is 2.20. The first-order chi connectivity index (χ1) is 13.9. The number of anilines is 1. The van der Waals surface area contributed by atoms with E-state index in [1.807, 2.05) is 0 Å². The second-order valence-electron chi connectivity index (χ2n) is 5.85. The molecule has 4 rings (SSSR count). The normalized spacial score (nSPS) is 11.0. The fraction of sp³-hybridized carbons (Fsp3) is 0.0588. The van der Waals surface area contributed by atoms with E-state index in [1.54, 1.807) is 29.8 Å². The van der Waals surface area contributed by atoms with Crippen molar-refractivity contribution in [3.8, 4) is 0 Å². The van der Waals surface area contributed by atoms with E-state index in [-0.39, 0.29) is 11.3 Å². The molecule has 2 aromatic carbocycles. The number of hydrogen-bond acceptors (Lipinski definition) is 8. The van der Waals surface area contributed by atoms with Gasteiger partial charge >= 0.3 is 0 Å². The molecule has 29 heavy (non-hydrogen) atoms. The first kappa shape index (κ1) is 19.3. The zero-order valence-corrected chi connectivity index (χ0v) is 17.1. The van der Waals surface area contributed by atoms with Crippen LogP contribution in [0.1, 0.15) is 10.4 Å². The Labute approximate surface area is 176 Å². The molecule has 0 aliphatic heterocycles. The Balaban J connectivity index is 1.60. The summed E-state index contributed by atoms with van der Waals surface area (Å²) in [5.74, 6) is -0.492. The third-order valence-corrected chi connectivity index (χ3v) is 6.15. The molecule has 0 saturated carbocycles. The van der Waals surface area contributed by atoms with E-state index in [0.29, 0.717) is 25.7 Å². The highest BCUT2D eigenvalue weighted by Crippen LogP contribution is 2.34. The Bertz CT molecular complexity index is 1260. The molecule has 2 heterocycles. The minimum Gasteiger partial charge on any atom is -0.311 e. The second-order valence-corrected chi connectivity index (χ2v) is 8.33. The van der Waals surface area contributed by atoms with Gasteiger partial charge in [0.05, 0.1) is 20.0 Å². The molecule has 0 aliphatic carbocycles. The van der Waals surface area contributed by atoms with E-state index in [4.69, 9.17) is 11.6 Å². The van der Waals surface area contributed by atoms with Gasteiger partial charge < -0.3 is 4.57 Å². The highest BCUT2D eigenvalue weighted by atomic mass is 35.5. The molecule has 0 atom stereocenters. The van der Waals surface area contributed by atoms with Gasteiger partial charge in [-0.25, -0.2) is 4.98 Å². The number of aryl methyl sites for hydroxylation is 1. The summed E-state index contributed by atoms with van der Waals surface area (Å²) in [7, 11) is 1.74. The number of nitro groups is 1. The van der Waals surface area contributed by atoms with Crippen LogP contribution in [-0.2, 0) is 7.05 Å². The van der Waals surface area contributed by atoms with E-state index in [0.717, 1.165) is 16.5 Å². The molecule has 0 spiro atoms. The van der Waals surface area contributed by atoms with Gasteiger partial charge in [-0.05, 0) is 42.1 Å². The van der Waals surface area contributed by atoms with Crippen molar-refractivity contribution >= 4 is 61.6 Å². The summed E-state index contributed by atoms with van der Waals surface area (Å²) in [6.45, 7) is 0. The molecular formula is C17H11ClN6O3S2. The molecule has 4 aromatic rings. The van der Waals surface area contributed by atoms with Gasteiger partial charge in [-0.3, -0.25) is 20.2 Å². The van der Waals surface area contributed by atoms with E-state index >= 15 is 0 Å². The number of aromatic nitrogens is 4. The predicted octanol–water partition coefficient (Wildman–Crippen LogP) is 4.39. The maximum Gasteiger partial charge on any atom is 0.284 e. The molecular weight excluding hydrogens is 436 g/mol. The zero-order valence-electron chi connectivity index (χ0n) is 14.7. The summed E-state index contributed by atoms with van der Waals surface area (Å²) in [6, 6.07) is 9.50. The third kappa shape index (κ3) is 4.06. The lowest BCUT2D eigenvalue weighted by Crippen LogP contribution is -2.12. The lowest BCUT2D eigenvalue weighted by molar-refractivity contribution is -0.387. The van der Waals surface area contributed by atoms with Crippen LogP contribution in [0.3, 0.4) is 0 Å². The summed E-state index contributed by atoms with van der Waals surface area (Å²) < 4.78 is 2.48. The topological polar surface area (TPSA) is 116 Å². The number of amides is 1. The van der Waals surface area contributed by atoms with Crippen molar-refractivity contribution < 1.29 is 9.72 Å². The number of carbonyl (C=O) groups is 1. The quantitative estimate of drug-likeness (QED) is 0.357. The van der Waals surface area contributed by atoms with Crippen molar-refractivity contribution in [1.29, 1.82) is 0 Å². The second kappa shape index (κ2) is 7.78. The Hall–Kier alpha value is -3.02. The summed E-state index contributed by atoms with van der Waals surface area (Å²) >= 11 is 8.33. The van der Waals surface area contributed by atoms with Gasteiger partial charge in [-0.2, -0.15) is 0 Å². The predicted molar refractivity (Wildman–Crippen MR) is 111 cm³/mol. The van der Waals surface area contributed by atoms with Crippen LogP contribution >= 0.6 is 34.7 Å². The van der Waals surface area contributed by atoms with Crippen molar-refractivity contribution in [2.24, 2.45) is 7.05 Å². The third-order valence-electron chi connectivity index (χ3n) is 3.86. The van der Waals surface area contributed by atoms with Gasteiger partial charge in [0.25, 0.3) is 11.6 Å². The first-order valence-corrected chi connectivity index (χ1v) is 10.1. The Kier molecular flexibility index (Phi) is 5.18. The molecule has 0 saturated heterocycles. The zero-order chi connectivity index (χ0) is 20.5. The number of benzene rings is 2. The van der Waals surface area contributed by atoms with Crippen molar-refractivity contribution in [3.63, 3.8) is 0 Å². The molecule has 0 fully saturated rings. The lowest BCUT2D eigenvalue weighted by Gasteiger charge is -2.05. The number of halogens is 1. The molecule has 146 valence electrons. The van der Waals surface area contributed by atoms with Crippen molar-refractivity contribution in [2.75, 3.05) is 5.32 Å². The van der Waals surface area contributed by atoms with E-state index in [1.165, 1.54) is 35.9 Å². The lowest BCUT2D eigenvalue weighted by atomic mass is 10.2. The maximum atomic E-state index is 12.6. The van der Waals surface area contributed by atoms with Gasteiger partial charge in [0.15, 0.2) is 10.3 Å². The number of nitrogens with zero attached hydrogens (tertiary/aromatic N) is 5. The van der Waals surface area contributed by atoms with Crippen LogP contribution in [0.25, 0.3) is 10.2 Å².